The molecule has 0 aromatic rings. The molecule has 4 nitrogen and oxygen atoms in total. The number of carboxylic acid groups (broad SMARTS) is 1. The third-order valence-electron chi connectivity index (χ3n) is 2.71. The number of esters is 1. The fraction of sp³-hybridized carbons (Fsp3) is 0.818. The molecular weight excluding hydrogens is 196 g/mol. The van der Waals surface area contributed by atoms with Gasteiger partial charge in [-0.1, -0.05) is 19.8 Å². The minimum atomic E-state index is -0.925. The van der Waals surface area contributed by atoms with Crippen molar-refractivity contribution >= 4 is 11.9 Å². The number of ether oxygens (including phenoxy) is 1. The average Bonchev–Trinajstić information content (AvgIpc) is 2.47. The lowest BCUT2D eigenvalue weighted by molar-refractivity contribution is -0.148. The van der Waals surface area contributed by atoms with Crippen LogP contribution in [-0.4, -0.2) is 23.1 Å². The van der Waals surface area contributed by atoms with Gasteiger partial charge in [-0.3, -0.25) is 9.59 Å². The van der Waals surface area contributed by atoms with Gasteiger partial charge in [-0.2, -0.15) is 0 Å². The highest BCUT2D eigenvalue weighted by atomic mass is 16.6. The van der Waals surface area contributed by atoms with Crippen LogP contribution in [-0.2, 0) is 14.3 Å². The van der Waals surface area contributed by atoms with Gasteiger partial charge in [0.05, 0.1) is 12.3 Å². The Balaban J connectivity index is 2.28. The molecule has 1 heterocycles. The summed E-state index contributed by atoms with van der Waals surface area (Å²) in [6, 6.07) is 0. The summed E-state index contributed by atoms with van der Waals surface area (Å²) in [7, 11) is 0. The Labute approximate surface area is 89.6 Å². The first-order chi connectivity index (χ1) is 7.13. The minimum absolute atomic E-state index is 0.0478. The molecule has 1 N–H and O–H groups in total. The second kappa shape index (κ2) is 5.73. The predicted molar refractivity (Wildman–Crippen MR) is 54.4 cm³/mol. The van der Waals surface area contributed by atoms with Gasteiger partial charge in [0.1, 0.15) is 6.10 Å². The molecule has 1 aliphatic heterocycles. The van der Waals surface area contributed by atoms with E-state index in [1.807, 2.05) is 0 Å². The van der Waals surface area contributed by atoms with E-state index in [4.69, 9.17) is 9.84 Å². The molecule has 0 bridgehead atoms. The summed E-state index contributed by atoms with van der Waals surface area (Å²) in [4.78, 5) is 21.7. The van der Waals surface area contributed by atoms with Gasteiger partial charge in [0.25, 0.3) is 0 Å². The Morgan fingerprint density at radius 2 is 2.27 bits per heavy atom. The number of carboxylic acids is 1. The van der Waals surface area contributed by atoms with Crippen molar-refractivity contribution in [2.24, 2.45) is 5.92 Å². The summed E-state index contributed by atoms with van der Waals surface area (Å²) >= 11 is 0. The van der Waals surface area contributed by atoms with E-state index < -0.39 is 11.9 Å². The maximum absolute atomic E-state index is 11.3. The Kier molecular flexibility index (Phi) is 4.59. The molecule has 1 rings (SSSR count). The smallest absolute Gasteiger partial charge is 0.309 e. The van der Waals surface area contributed by atoms with Gasteiger partial charge in [0.2, 0.25) is 0 Å². The zero-order chi connectivity index (χ0) is 11.3. The zero-order valence-corrected chi connectivity index (χ0v) is 9.07. The Hall–Kier alpha value is -1.06. The van der Waals surface area contributed by atoms with Crippen molar-refractivity contribution in [1.82, 2.24) is 0 Å². The number of carbonyl (C=O) groups is 2. The molecule has 0 spiro atoms. The van der Waals surface area contributed by atoms with Crippen LogP contribution in [0.5, 0.6) is 0 Å². The third-order valence-corrected chi connectivity index (χ3v) is 2.71. The molecule has 1 aliphatic rings. The Morgan fingerprint density at radius 3 is 2.87 bits per heavy atom. The lowest BCUT2D eigenvalue weighted by Gasteiger charge is -2.07. The van der Waals surface area contributed by atoms with E-state index in [2.05, 4.69) is 6.92 Å². The quantitative estimate of drug-likeness (QED) is 0.542. The van der Waals surface area contributed by atoms with Gasteiger partial charge in [-0.05, 0) is 19.3 Å². The summed E-state index contributed by atoms with van der Waals surface area (Å²) in [6.45, 7) is 2.12. The van der Waals surface area contributed by atoms with E-state index in [0.29, 0.717) is 6.42 Å². The molecule has 1 fully saturated rings. The number of hydrogen-bond acceptors (Lipinski definition) is 3. The first kappa shape index (κ1) is 12.0. The number of rotatable bonds is 6. The van der Waals surface area contributed by atoms with Crippen LogP contribution in [0.15, 0.2) is 0 Å². The third kappa shape index (κ3) is 3.90. The van der Waals surface area contributed by atoms with Crippen LogP contribution in [0.3, 0.4) is 0 Å². The van der Waals surface area contributed by atoms with Gasteiger partial charge in [0.15, 0.2) is 0 Å². The van der Waals surface area contributed by atoms with Crippen molar-refractivity contribution in [2.45, 2.75) is 51.6 Å². The number of cyclic esters (lactones) is 1. The van der Waals surface area contributed by atoms with Crippen LogP contribution >= 0.6 is 0 Å². The SMILES string of the molecule is CCCCC[C@@H]1C[C@H](CC(=O)O)C(=O)O1. The number of aliphatic carboxylic acids is 1. The molecule has 1 saturated heterocycles. The zero-order valence-electron chi connectivity index (χ0n) is 9.07. The number of unbranched alkanes of at least 4 members (excludes halogenated alkanes) is 2. The topological polar surface area (TPSA) is 63.6 Å². The van der Waals surface area contributed by atoms with Crippen molar-refractivity contribution in [3.63, 3.8) is 0 Å². The van der Waals surface area contributed by atoms with Crippen molar-refractivity contribution < 1.29 is 19.4 Å². The second-order valence-corrected chi connectivity index (χ2v) is 4.09. The minimum Gasteiger partial charge on any atom is -0.481 e. The standard InChI is InChI=1S/C11H18O4/c1-2-3-4-5-9-6-8(7-10(12)13)11(14)15-9/h8-9H,2-7H2,1H3,(H,12,13)/t8-,9-/m1/s1. The maximum Gasteiger partial charge on any atom is 0.309 e. The Bertz CT molecular complexity index is 237. The van der Waals surface area contributed by atoms with E-state index in [-0.39, 0.29) is 18.5 Å². The highest BCUT2D eigenvalue weighted by molar-refractivity contribution is 5.80. The molecule has 2 atom stereocenters. The Morgan fingerprint density at radius 1 is 1.53 bits per heavy atom. The van der Waals surface area contributed by atoms with Crippen molar-refractivity contribution in [3.8, 4) is 0 Å². The molecule has 0 aromatic heterocycles. The predicted octanol–water partition coefficient (Wildman–Crippen LogP) is 1.97. The largest absolute Gasteiger partial charge is 0.481 e. The van der Waals surface area contributed by atoms with Gasteiger partial charge < -0.3 is 9.84 Å². The van der Waals surface area contributed by atoms with Crippen molar-refractivity contribution in [3.05, 3.63) is 0 Å². The van der Waals surface area contributed by atoms with E-state index in [0.717, 1.165) is 25.7 Å². The van der Waals surface area contributed by atoms with Gasteiger partial charge in [0, 0.05) is 0 Å². The van der Waals surface area contributed by atoms with Crippen LogP contribution in [0.2, 0.25) is 0 Å². The molecule has 0 unspecified atom stereocenters. The lowest BCUT2D eigenvalue weighted by Crippen LogP contribution is -2.12. The first-order valence-electron chi connectivity index (χ1n) is 5.55. The molecule has 0 saturated carbocycles. The molecule has 15 heavy (non-hydrogen) atoms. The monoisotopic (exact) mass is 214 g/mol. The number of hydrogen-bond donors (Lipinski definition) is 1. The van der Waals surface area contributed by atoms with Gasteiger partial charge in [-0.15, -0.1) is 0 Å². The van der Waals surface area contributed by atoms with Crippen molar-refractivity contribution in [1.29, 1.82) is 0 Å². The normalized spacial score (nSPS) is 25.3. The summed E-state index contributed by atoms with van der Waals surface area (Å²) in [5.41, 5.74) is 0. The molecule has 0 aliphatic carbocycles. The maximum atomic E-state index is 11.3. The van der Waals surface area contributed by atoms with Crippen LogP contribution in [0.1, 0.15) is 45.4 Å². The van der Waals surface area contributed by atoms with Gasteiger partial charge >= 0.3 is 11.9 Å². The second-order valence-electron chi connectivity index (χ2n) is 4.09. The van der Waals surface area contributed by atoms with E-state index >= 15 is 0 Å². The first-order valence-corrected chi connectivity index (χ1v) is 5.55. The van der Waals surface area contributed by atoms with E-state index in [1.54, 1.807) is 0 Å². The highest BCUT2D eigenvalue weighted by Crippen LogP contribution is 2.27. The number of carbonyl (C=O) groups excluding carboxylic acids is 1. The van der Waals surface area contributed by atoms with Crippen LogP contribution in [0.4, 0.5) is 0 Å². The molecule has 86 valence electrons. The van der Waals surface area contributed by atoms with Crippen LogP contribution in [0.25, 0.3) is 0 Å². The van der Waals surface area contributed by atoms with E-state index in [1.165, 1.54) is 0 Å². The van der Waals surface area contributed by atoms with Crippen molar-refractivity contribution in [2.75, 3.05) is 0 Å². The molecule has 0 aromatic carbocycles. The van der Waals surface area contributed by atoms with Crippen LogP contribution < -0.4 is 0 Å². The fourth-order valence-corrected chi connectivity index (χ4v) is 1.90. The van der Waals surface area contributed by atoms with Gasteiger partial charge in [-0.25, -0.2) is 0 Å². The fourth-order valence-electron chi connectivity index (χ4n) is 1.90. The summed E-state index contributed by atoms with van der Waals surface area (Å²) in [5.74, 6) is -1.68. The summed E-state index contributed by atoms with van der Waals surface area (Å²) in [6.07, 6.45) is 4.63. The molecular formula is C11H18O4. The summed E-state index contributed by atoms with van der Waals surface area (Å²) < 4.78 is 5.12. The highest BCUT2D eigenvalue weighted by Gasteiger charge is 2.35. The lowest BCUT2D eigenvalue weighted by atomic mass is 9.99. The molecule has 0 radical (unpaired) electrons. The molecule has 4 heteroatoms. The van der Waals surface area contributed by atoms with Crippen LogP contribution in [0, 0.1) is 5.92 Å². The molecule has 0 amide bonds. The summed E-state index contributed by atoms with van der Waals surface area (Å²) in [5, 5.41) is 8.58. The van der Waals surface area contributed by atoms with E-state index in [9.17, 15) is 9.59 Å². The average molecular weight is 214 g/mol.